The molecule has 0 unspecified atom stereocenters. The van der Waals surface area contributed by atoms with Gasteiger partial charge in [-0.15, -0.1) is 0 Å². The molecule has 0 aromatic carbocycles. The summed E-state index contributed by atoms with van der Waals surface area (Å²) in [6.07, 6.45) is 0.270. The second kappa shape index (κ2) is 4.91. The van der Waals surface area contributed by atoms with Crippen molar-refractivity contribution in [3.63, 3.8) is 0 Å². The van der Waals surface area contributed by atoms with Crippen LogP contribution in [0.1, 0.15) is 50.4 Å². The summed E-state index contributed by atoms with van der Waals surface area (Å²) in [5, 5.41) is 9.11. The number of carbonyl (C=O) groups is 1. The van der Waals surface area contributed by atoms with Gasteiger partial charge in [-0.05, 0) is 24.5 Å². The van der Waals surface area contributed by atoms with Gasteiger partial charge in [0.05, 0.1) is 17.9 Å². The highest BCUT2D eigenvalue weighted by Crippen LogP contribution is 2.47. The van der Waals surface area contributed by atoms with Crippen LogP contribution < -0.4 is 0 Å². The van der Waals surface area contributed by atoms with E-state index >= 15 is 0 Å². The Kier molecular flexibility index (Phi) is 3.40. The van der Waals surface area contributed by atoms with Gasteiger partial charge in [0.15, 0.2) is 0 Å². The number of hydrogen-bond acceptors (Lipinski definition) is 3. The zero-order valence-corrected chi connectivity index (χ0v) is 13.1. The third kappa shape index (κ3) is 2.35. The van der Waals surface area contributed by atoms with Crippen LogP contribution in [0.4, 0.5) is 9.18 Å². The van der Waals surface area contributed by atoms with Gasteiger partial charge in [0, 0.05) is 24.1 Å². The van der Waals surface area contributed by atoms with Gasteiger partial charge in [-0.1, -0.05) is 20.8 Å². The highest BCUT2D eigenvalue weighted by molar-refractivity contribution is 5.65. The molecule has 2 aliphatic rings. The molecule has 1 saturated heterocycles. The topological polar surface area (TPSA) is 62.7 Å². The number of likely N-dealkylation sites (tertiary alicyclic amines) is 1. The normalized spacial score (nSPS) is 20.3. The van der Waals surface area contributed by atoms with E-state index in [0.29, 0.717) is 32.5 Å². The van der Waals surface area contributed by atoms with Crippen LogP contribution in [0.5, 0.6) is 0 Å². The van der Waals surface area contributed by atoms with E-state index < -0.39 is 17.6 Å². The maximum atomic E-state index is 13.8. The van der Waals surface area contributed by atoms with Crippen LogP contribution in [-0.2, 0) is 22.4 Å². The largest absolute Gasteiger partial charge is 0.465 e. The summed E-state index contributed by atoms with van der Waals surface area (Å²) in [6.45, 7) is 7.24. The van der Waals surface area contributed by atoms with E-state index in [1.807, 2.05) is 20.8 Å². The fraction of sp³-hybridized carbons (Fsp3) is 0.625. The lowest BCUT2D eigenvalue weighted by atomic mass is 9.77. The lowest BCUT2D eigenvalue weighted by molar-refractivity contribution is -0.0758. The summed E-state index contributed by atoms with van der Waals surface area (Å²) in [6, 6.07) is 1.45. The summed E-state index contributed by atoms with van der Waals surface area (Å²) in [4.78, 5) is 16.6. The van der Waals surface area contributed by atoms with Crippen LogP contribution >= 0.6 is 0 Å². The van der Waals surface area contributed by atoms with E-state index in [-0.39, 0.29) is 5.41 Å². The van der Waals surface area contributed by atoms with Gasteiger partial charge in [-0.3, -0.25) is 0 Å². The van der Waals surface area contributed by atoms with Crippen molar-refractivity contribution in [3.05, 3.63) is 28.8 Å². The molecular weight excluding hydrogens is 287 g/mol. The Labute approximate surface area is 129 Å². The monoisotopic (exact) mass is 308 g/mol. The number of pyridine rings is 1. The molecule has 3 heterocycles. The Balaban J connectivity index is 2.03. The van der Waals surface area contributed by atoms with Gasteiger partial charge in [-0.2, -0.15) is 4.39 Å². The highest BCUT2D eigenvalue weighted by Gasteiger charge is 2.47. The van der Waals surface area contributed by atoms with Gasteiger partial charge < -0.3 is 14.7 Å². The molecule has 120 valence electrons. The number of hydrogen-bond donors (Lipinski definition) is 1. The van der Waals surface area contributed by atoms with E-state index in [0.717, 1.165) is 16.8 Å². The minimum Gasteiger partial charge on any atom is -0.465 e. The first-order valence-corrected chi connectivity index (χ1v) is 7.55. The molecule has 0 bridgehead atoms. The van der Waals surface area contributed by atoms with Crippen molar-refractivity contribution in [2.24, 2.45) is 0 Å². The summed E-state index contributed by atoms with van der Waals surface area (Å²) in [5.41, 5.74) is 1.73. The minimum absolute atomic E-state index is 0.295. The first-order valence-electron chi connectivity index (χ1n) is 7.55. The first kappa shape index (κ1) is 15.2. The van der Waals surface area contributed by atoms with E-state index in [1.165, 1.54) is 11.0 Å². The predicted octanol–water partition coefficient (Wildman–Crippen LogP) is 3.02. The zero-order valence-electron chi connectivity index (χ0n) is 13.1. The minimum atomic E-state index is -0.902. The summed E-state index contributed by atoms with van der Waals surface area (Å²) < 4.78 is 19.9. The first-order chi connectivity index (χ1) is 10.2. The van der Waals surface area contributed by atoms with Crippen LogP contribution in [0.25, 0.3) is 0 Å². The van der Waals surface area contributed by atoms with Gasteiger partial charge >= 0.3 is 6.09 Å². The van der Waals surface area contributed by atoms with Gasteiger partial charge in [-0.25, -0.2) is 9.78 Å². The standard InChI is InChI=1S/C16H21FN2O3/c1-15(2,3)13-12-10(8-11(17)18-13)9-22-16(12)4-6-19(7-5-16)14(20)21/h8H,4-7,9H2,1-3H3,(H,20,21). The molecule has 1 aromatic heterocycles. The quantitative estimate of drug-likeness (QED) is 0.748. The molecule has 22 heavy (non-hydrogen) atoms. The van der Waals surface area contributed by atoms with Crippen molar-refractivity contribution in [1.29, 1.82) is 0 Å². The average molecular weight is 308 g/mol. The van der Waals surface area contributed by atoms with Crippen molar-refractivity contribution < 1.29 is 19.0 Å². The van der Waals surface area contributed by atoms with E-state index in [9.17, 15) is 9.18 Å². The SMILES string of the molecule is CC(C)(C)c1nc(F)cc2c1C1(CCN(C(=O)O)CC1)OC2. The fourth-order valence-electron chi connectivity index (χ4n) is 3.47. The molecule has 3 rings (SSSR count). The number of piperidine rings is 1. The Morgan fingerprint density at radius 3 is 2.59 bits per heavy atom. The van der Waals surface area contributed by atoms with Crippen LogP contribution in [-0.4, -0.2) is 34.2 Å². The second-order valence-corrected chi connectivity index (χ2v) is 7.13. The molecule has 2 aliphatic heterocycles. The van der Waals surface area contributed by atoms with E-state index in [1.54, 1.807) is 0 Å². The van der Waals surface area contributed by atoms with Gasteiger partial charge in [0.1, 0.15) is 0 Å². The van der Waals surface area contributed by atoms with Crippen LogP contribution in [0, 0.1) is 5.95 Å². The summed E-state index contributed by atoms with van der Waals surface area (Å²) in [5.74, 6) is -0.479. The Morgan fingerprint density at radius 1 is 1.41 bits per heavy atom. The summed E-state index contributed by atoms with van der Waals surface area (Å²) >= 11 is 0. The predicted molar refractivity (Wildman–Crippen MR) is 78.2 cm³/mol. The molecule has 1 N–H and O–H groups in total. The number of amides is 1. The number of ether oxygens (including phenoxy) is 1. The van der Waals surface area contributed by atoms with Crippen molar-refractivity contribution >= 4 is 6.09 Å². The molecule has 6 heteroatoms. The molecule has 1 aromatic rings. The van der Waals surface area contributed by atoms with Crippen molar-refractivity contribution in [2.75, 3.05) is 13.1 Å². The van der Waals surface area contributed by atoms with Crippen molar-refractivity contribution in [3.8, 4) is 0 Å². The molecular formula is C16H21FN2O3. The molecule has 0 radical (unpaired) electrons. The zero-order chi connectivity index (χ0) is 16.1. The average Bonchev–Trinajstić information content (AvgIpc) is 2.76. The number of nitrogens with zero attached hydrogens (tertiary/aromatic N) is 2. The fourth-order valence-corrected chi connectivity index (χ4v) is 3.47. The van der Waals surface area contributed by atoms with Crippen molar-refractivity contribution in [1.82, 2.24) is 9.88 Å². The van der Waals surface area contributed by atoms with E-state index in [2.05, 4.69) is 4.98 Å². The molecule has 5 nitrogen and oxygen atoms in total. The molecule has 1 amide bonds. The molecule has 0 saturated carbocycles. The smallest absolute Gasteiger partial charge is 0.407 e. The maximum Gasteiger partial charge on any atom is 0.407 e. The second-order valence-electron chi connectivity index (χ2n) is 7.13. The number of rotatable bonds is 0. The number of fused-ring (bicyclic) bond motifs is 2. The molecule has 1 fully saturated rings. The van der Waals surface area contributed by atoms with Crippen LogP contribution in [0.15, 0.2) is 6.07 Å². The number of carboxylic acid groups (broad SMARTS) is 1. The van der Waals surface area contributed by atoms with Crippen molar-refractivity contribution in [2.45, 2.75) is 51.2 Å². The highest BCUT2D eigenvalue weighted by atomic mass is 19.1. The van der Waals surface area contributed by atoms with Crippen LogP contribution in [0.3, 0.4) is 0 Å². The Hall–Kier alpha value is -1.69. The molecule has 1 spiro atoms. The molecule has 0 aliphatic carbocycles. The van der Waals surface area contributed by atoms with Crippen LogP contribution in [0.2, 0.25) is 0 Å². The lowest BCUT2D eigenvalue weighted by Gasteiger charge is -2.39. The van der Waals surface area contributed by atoms with Gasteiger partial charge in [0.2, 0.25) is 5.95 Å². The third-order valence-electron chi connectivity index (χ3n) is 4.58. The molecule has 0 atom stereocenters. The number of aromatic nitrogens is 1. The Morgan fingerprint density at radius 2 is 2.05 bits per heavy atom. The summed E-state index contributed by atoms with van der Waals surface area (Å²) in [7, 11) is 0. The van der Waals surface area contributed by atoms with E-state index in [4.69, 9.17) is 9.84 Å². The number of halogens is 1. The van der Waals surface area contributed by atoms with Gasteiger partial charge in [0.25, 0.3) is 0 Å². The third-order valence-corrected chi connectivity index (χ3v) is 4.58. The lowest BCUT2D eigenvalue weighted by Crippen LogP contribution is -2.45. The maximum absolute atomic E-state index is 13.8. The Bertz CT molecular complexity index is 617.